The fourth-order valence-electron chi connectivity index (χ4n) is 2.29. The summed E-state index contributed by atoms with van der Waals surface area (Å²) in [5.74, 6) is 1.36. The first-order valence-corrected chi connectivity index (χ1v) is 7.68. The Balaban J connectivity index is 2.59. The minimum Gasteiger partial charge on any atom is -0.805 e. The first kappa shape index (κ1) is 16.8. The van der Waals surface area contributed by atoms with Crippen molar-refractivity contribution < 1.29 is 22.6 Å². The molecule has 0 atom stereocenters. The fraction of sp³-hybridized carbons (Fsp3) is 0.267. The molecule has 0 fully saturated rings. The average Bonchev–Trinajstić information content (AvgIpc) is 2.53. The summed E-state index contributed by atoms with van der Waals surface area (Å²) in [6, 6.07) is 6.50. The van der Waals surface area contributed by atoms with E-state index in [4.69, 9.17) is 14.2 Å². The van der Waals surface area contributed by atoms with Crippen LogP contribution in [0.1, 0.15) is 11.1 Å². The van der Waals surface area contributed by atoms with E-state index in [0.29, 0.717) is 27.5 Å². The molecule has 124 valence electrons. The average molecular weight is 338 g/mol. The maximum Gasteiger partial charge on any atom is 0.238 e. The lowest BCUT2D eigenvalue weighted by Crippen LogP contribution is -2.01. The molecule has 1 aromatic heterocycles. The summed E-state index contributed by atoms with van der Waals surface area (Å²) in [5.41, 5.74) is 1.10. The smallest absolute Gasteiger partial charge is 0.238 e. The van der Waals surface area contributed by atoms with E-state index >= 15 is 0 Å². The van der Waals surface area contributed by atoms with Crippen LogP contribution in [-0.4, -0.2) is 34.5 Å². The van der Waals surface area contributed by atoms with Crippen molar-refractivity contribution in [2.45, 2.75) is 6.42 Å². The minimum absolute atomic E-state index is 0.225. The van der Waals surface area contributed by atoms with Crippen LogP contribution in [0, 0.1) is 9.85 Å². The van der Waals surface area contributed by atoms with Crippen molar-refractivity contribution >= 4 is 10.3 Å². The molecule has 0 spiro atoms. The molecule has 2 rings (SSSR count). The van der Waals surface area contributed by atoms with Gasteiger partial charge in [0.05, 0.1) is 21.3 Å². The highest BCUT2D eigenvalue weighted by atomic mass is 32.2. The highest BCUT2D eigenvalue weighted by Gasteiger charge is 2.14. The molecule has 7 nitrogen and oxygen atoms in total. The van der Waals surface area contributed by atoms with E-state index in [9.17, 15) is 13.6 Å². The third-order valence-corrected chi connectivity index (χ3v) is 4.03. The zero-order valence-electron chi connectivity index (χ0n) is 12.9. The lowest BCUT2D eigenvalue weighted by atomic mass is 10.1. The summed E-state index contributed by atoms with van der Waals surface area (Å²) >= 11 is 0. The summed E-state index contributed by atoms with van der Waals surface area (Å²) in [7, 11) is 1.85. The minimum atomic E-state index is -2.63. The summed E-state index contributed by atoms with van der Waals surface area (Å²) < 4.78 is 38.4. The first-order valence-electron chi connectivity index (χ1n) is 6.61. The normalized spacial score (nSPS) is 10.2. The van der Waals surface area contributed by atoms with Crippen LogP contribution >= 0.6 is 0 Å². The highest BCUT2D eigenvalue weighted by molar-refractivity contribution is 7.63. The molecule has 0 saturated carbocycles. The van der Waals surface area contributed by atoms with Gasteiger partial charge >= 0.3 is 0 Å². The van der Waals surface area contributed by atoms with Crippen LogP contribution in [0.15, 0.2) is 30.5 Å². The summed E-state index contributed by atoms with van der Waals surface area (Å²) in [6.45, 7) is 0. The molecule has 0 aliphatic carbocycles. The van der Waals surface area contributed by atoms with Gasteiger partial charge < -0.3 is 24.1 Å². The first-order chi connectivity index (χ1) is 11.0. The number of methoxy groups -OCH3 is 3. The molecular formula is C15H16NO6S-. The summed E-state index contributed by atoms with van der Waals surface area (Å²) in [5, 5.41) is 11.7. The van der Waals surface area contributed by atoms with E-state index in [1.54, 1.807) is 18.2 Å². The third-order valence-electron chi connectivity index (χ3n) is 3.27. The van der Waals surface area contributed by atoms with Crippen molar-refractivity contribution in [3.8, 4) is 17.2 Å². The Morgan fingerprint density at radius 2 is 1.70 bits per heavy atom. The molecule has 0 bridgehead atoms. The Hall–Kier alpha value is -2.61. The number of ether oxygens (including phenoxy) is 3. The molecule has 0 unspecified atom stereocenters. The molecule has 0 saturated heterocycles. The van der Waals surface area contributed by atoms with Gasteiger partial charge in [-0.15, -0.1) is 0 Å². The quantitative estimate of drug-likeness (QED) is 0.773. The van der Waals surface area contributed by atoms with Gasteiger partial charge in [0.2, 0.25) is 16.0 Å². The van der Waals surface area contributed by atoms with Crippen LogP contribution in [0.25, 0.3) is 0 Å². The molecule has 0 radical (unpaired) electrons. The van der Waals surface area contributed by atoms with Gasteiger partial charge in [-0.25, -0.2) is 0 Å². The predicted molar refractivity (Wildman–Crippen MR) is 84.3 cm³/mol. The second-order valence-electron chi connectivity index (χ2n) is 4.61. The van der Waals surface area contributed by atoms with Crippen molar-refractivity contribution in [3.63, 3.8) is 0 Å². The summed E-state index contributed by atoms with van der Waals surface area (Å²) in [4.78, 5) is 0. The van der Waals surface area contributed by atoms with Gasteiger partial charge in [-0.3, -0.25) is 0 Å². The molecule has 0 aliphatic heterocycles. The molecule has 1 aromatic carbocycles. The SMILES string of the molecule is COc1cc(Cc2cccn([O-])c2=S(=O)=O)cc(OC)c1OC. The Morgan fingerprint density at radius 3 is 2.17 bits per heavy atom. The maximum atomic E-state index is 11.7. The number of hydrogen-bond acceptors (Lipinski definition) is 6. The van der Waals surface area contributed by atoms with Gasteiger partial charge in [0.1, 0.15) is 0 Å². The van der Waals surface area contributed by atoms with Crippen LogP contribution in [0.5, 0.6) is 17.2 Å². The van der Waals surface area contributed by atoms with Gasteiger partial charge in [-0.05, 0) is 35.5 Å². The Kier molecular flexibility index (Phi) is 5.17. The third kappa shape index (κ3) is 3.42. The monoisotopic (exact) mass is 338 g/mol. The number of aromatic nitrogens is 1. The second-order valence-corrected chi connectivity index (χ2v) is 5.47. The van der Waals surface area contributed by atoms with Crippen LogP contribution in [0.3, 0.4) is 0 Å². The van der Waals surface area contributed by atoms with Crippen molar-refractivity contribution in [3.05, 3.63) is 51.4 Å². The van der Waals surface area contributed by atoms with Gasteiger partial charge in [-0.2, -0.15) is 8.42 Å². The van der Waals surface area contributed by atoms with Crippen LogP contribution < -0.4 is 14.2 Å². The molecule has 8 heteroatoms. The van der Waals surface area contributed by atoms with Gasteiger partial charge in [0.15, 0.2) is 16.1 Å². The molecular weight excluding hydrogens is 322 g/mol. The molecule has 0 amide bonds. The van der Waals surface area contributed by atoms with E-state index < -0.39 is 10.3 Å². The van der Waals surface area contributed by atoms with Crippen molar-refractivity contribution in [2.24, 2.45) is 0 Å². The topological polar surface area (TPSA) is 89.8 Å². The Labute approximate surface area is 134 Å². The van der Waals surface area contributed by atoms with Crippen molar-refractivity contribution in [2.75, 3.05) is 21.3 Å². The number of rotatable bonds is 5. The zero-order valence-corrected chi connectivity index (χ0v) is 13.7. The lowest BCUT2D eigenvalue weighted by Gasteiger charge is -2.15. The maximum absolute atomic E-state index is 11.7. The van der Waals surface area contributed by atoms with Crippen LogP contribution in [-0.2, 0) is 16.7 Å². The van der Waals surface area contributed by atoms with E-state index in [2.05, 4.69) is 0 Å². The summed E-state index contributed by atoms with van der Waals surface area (Å²) in [6.07, 6.45) is 1.37. The van der Waals surface area contributed by atoms with Crippen molar-refractivity contribution in [1.29, 1.82) is 0 Å². The Morgan fingerprint density at radius 1 is 1.09 bits per heavy atom. The largest absolute Gasteiger partial charge is 0.805 e. The van der Waals surface area contributed by atoms with Gasteiger partial charge in [-0.1, -0.05) is 6.07 Å². The van der Waals surface area contributed by atoms with Crippen molar-refractivity contribution in [1.82, 2.24) is 4.73 Å². The lowest BCUT2D eigenvalue weighted by molar-refractivity contribution is 0.324. The second kappa shape index (κ2) is 7.10. The number of pyridine rings is 1. The van der Waals surface area contributed by atoms with Gasteiger partial charge in [0.25, 0.3) is 0 Å². The number of nitrogens with zero attached hydrogens (tertiary/aromatic N) is 1. The molecule has 1 heterocycles. The predicted octanol–water partition coefficient (Wildman–Crippen LogP) is 1.86. The number of benzene rings is 1. The van der Waals surface area contributed by atoms with E-state index in [1.807, 2.05) is 0 Å². The van der Waals surface area contributed by atoms with Gasteiger partial charge in [0, 0.05) is 6.42 Å². The highest BCUT2D eigenvalue weighted by Crippen LogP contribution is 2.38. The van der Waals surface area contributed by atoms with Crippen LogP contribution in [0.2, 0.25) is 0 Å². The van der Waals surface area contributed by atoms with E-state index in [0.717, 1.165) is 11.8 Å². The van der Waals surface area contributed by atoms with Crippen LogP contribution in [0.4, 0.5) is 0 Å². The number of hydrogen-bond donors (Lipinski definition) is 0. The van der Waals surface area contributed by atoms with E-state index in [1.165, 1.54) is 27.4 Å². The zero-order chi connectivity index (χ0) is 17.0. The fourth-order valence-corrected chi connectivity index (χ4v) is 2.85. The standard InChI is InChI=1S/C15H16NO6S/c1-20-12-8-10(9-13(21-2)14(12)22-3)7-11-5-4-6-16(17)15(11)23(18)19/h4-6,8-9H,7H2,1-3H3/q-1. The van der Waals surface area contributed by atoms with E-state index in [-0.39, 0.29) is 11.1 Å². The molecule has 23 heavy (non-hydrogen) atoms. The Bertz CT molecular complexity index is 852. The molecule has 0 aliphatic rings. The molecule has 2 aromatic rings. The molecule has 0 N–H and O–H groups in total.